The van der Waals surface area contributed by atoms with E-state index in [9.17, 15) is 4.79 Å². The van der Waals surface area contributed by atoms with E-state index in [1.807, 2.05) is 39.8 Å². The summed E-state index contributed by atoms with van der Waals surface area (Å²) in [5.41, 5.74) is -0.496. The highest BCUT2D eigenvalue weighted by atomic mass is 127. The molecular formula is C19H33IN4O3. The van der Waals surface area contributed by atoms with Crippen molar-refractivity contribution in [2.75, 3.05) is 19.6 Å². The second-order valence-electron chi connectivity index (χ2n) is 7.57. The second-order valence-corrected chi connectivity index (χ2v) is 7.57. The number of halogens is 1. The molecule has 1 aliphatic carbocycles. The third-order valence-electron chi connectivity index (χ3n) is 3.93. The molecule has 1 unspecified atom stereocenters. The van der Waals surface area contributed by atoms with Crippen molar-refractivity contribution in [3.05, 3.63) is 24.2 Å². The number of hydrogen-bond acceptors (Lipinski definition) is 4. The molecule has 1 aromatic heterocycles. The van der Waals surface area contributed by atoms with E-state index in [1.165, 1.54) is 0 Å². The molecule has 0 saturated heterocycles. The van der Waals surface area contributed by atoms with Crippen LogP contribution in [0.4, 0.5) is 4.79 Å². The Morgan fingerprint density at radius 3 is 2.67 bits per heavy atom. The number of guanidine groups is 1. The summed E-state index contributed by atoms with van der Waals surface area (Å²) in [6, 6.07) is 3.85. The standard InChI is InChI=1S/C19H32N4O3.HI/c1-5-20-17(21-11-10-15-7-6-12-25-15)22-13-16(14-8-9-14)23-18(24)26-19(2,3)4;/h6-7,12,14,16H,5,8-11,13H2,1-4H3,(H,23,24)(H2,20,21,22);1H. The first-order valence-corrected chi connectivity index (χ1v) is 9.41. The topological polar surface area (TPSA) is 87.9 Å². The van der Waals surface area contributed by atoms with E-state index in [2.05, 4.69) is 20.9 Å². The number of carbonyl (C=O) groups is 1. The van der Waals surface area contributed by atoms with Crippen molar-refractivity contribution in [3.8, 4) is 0 Å². The first-order chi connectivity index (χ1) is 12.4. The fourth-order valence-electron chi connectivity index (χ4n) is 2.56. The molecule has 1 atom stereocenters. The van der Waals surface area contributed by atoms with Crippen molar-refractivity contribution >= 4 is 36.0 Å². The molecule has 0 bridgehead atoms. The number of nitrogens with one attached hydrogen (secondary N) is 3. The number of furan rings is 1. The van der Waals surface area contributed by atoms with Gasteiger partial charge in [-0.1, -0.05) is 0 Å². The van der Waals surface area contributed by atoms with Gasteiger partial charge in [0.25, 0.3) is 0 Å². The predicted octanol–water partition coefficient (Wildman–Crippen LogP) is 3.30. The van der Waals surface area contributed by atoms with Crippen LogP contribution in [0.2, 0.25) is 0 Å². The maximum Gasteiger partial charge on any atom is 0.407 e. The summed E-state index contributed by atoms with van der Waals surface area (Å²) in [4.78, 5) is 16.7. The van der Waals surface area contributed by atoms with E-state index >= 15 is 0 Å². The van der Waals surface area contributed by atoms with Crippen LogP contribution in [0.5, 0.6) is 0 Å². The predicted molar refractivity (Wildman–Crippen MR) is 118 cm³/mol. The second kappa shape index (κ2) is 11.4. The van der Waals surface area contributed by atoms with E-state index in [1.54, 1.807) is 6.26 Å². The van der Waals surface area contributed by atoms with Crippen LogP contribution in [0, 0.1) is 5.92 Å². The SMILES string of the molecule is CCNC(=NCC(NC(=O)OC(C)(C)C)C1CC1)NCCc1ccco1.I. The first kappa shape index (κ1) is 23.6. The molecule has 1 heterocycles. The molecule has 0 spiro atoms. The monoisotopic (exact) mass is 492 g/mol. The number of ether oxygens (including phenoxy) is 1. The Kier molecular flexibility index (Phi) is 9.97. The molecule has 2 rings (SSSR count). The molecule has 154 valence electrons. The van der Waals surface area contributed by atoms with Crippen LogP contribution < -0.4 is 16.0 Å². The van der Waals surface area contributed by atoms with Gasteiger partial charge in [0.15, 0.2) is 5.96 Å². The lowest BCUT2D eigenvalue weighted by Crippen LogP contribution is -2.43. The quantitative estimate of drug-likeness (QED) is 0.295. The van der Waals surface area contributed by atoms with Crippen LogP contribution in [-0.4, -0.2) is 43.3 Å². The minimum absolute atomic E-state index is 0. The molecular weight excluding hydrogens is 459 g/mol. The van der Waals surface area contributed by atoms with Gasteiger partial charge in [-0.2, -0.15) is 0 Å². The van der Waals surface area contributed by atoms with Gasteiger partial charge >= 0.3 is 6.09 Å². The molecule has 1 saturated carbocycles. The maximum atomic E-state index is 12.1. The zero-order valence-electron chi connectivity index (χ0n) is 16.7. The molecule has 3 N–H and O–H groups in total. The zero-order chi connectivity index (χ0) is 19.0. The number of rotatable bonds is 8. The van der Waals surface area contributed by atoms with Gasteiger partial charge < -0.3 is 25.1 Å². The fraction of sp³-hybridized carbons (Fsp3) is 0.684. The van der Waals surface area contributed by atoms with Gasteiger partial charge in [0.2, 0.25) is 0 Å². The molecule has 7 nitrogen and oxygen atoms in total. The Balaban J connectivity index is 0.00000364. The average molecular weight is 492 g/mol. The molecule has 1 aliphatic rings. The Morgan fingerprint density at radius 2 is 2.11 bits per heavy atom. The smallest absolute Gasteiger partial charge is 0.407 e. The average Bonchev–Trinajstić information content (AvgIpc) is 3.26. The lowest BCUT2D eigenvalue weighted by Gasteiger charge is -2.23. The Hall–Kier alpha value is -1.45. The number of aliphatic imine (C=N–C) groups is 1. The Bertz CT molecular complexity index is 580. The lowest BCUT2D eigenvalue weighted by molar-refractivity contribution is 0.0500. The Labute approximate surface area is 179 Å². The maximum absolute atomic E-state index is 12.1. The zero-order valence-corrected chi connectivity index (χ0v) is 19.0. The first-order valence-electron chi connectivity index (χ1n) is 9.41. The van der Waals surface area contributed by atoms with E-state index in [0.717, 1.165) is 44.1 Å². The number of hydrogen-bond donors (Lipinski definition) is 3. The van der Waals surface area contributed by atoms with E-state index < -0.39 is 5.60 Å². The molecule has 1 aromatic rings. The van der Waals surface area contributed by atoms with Crippen LogP contribution in [-0.2, 0) is 11.2 Å². The number of nitrogens with zero attached hydrogens (tertiary/aromatic N) is 1. The Morgan fingerprint density at radius 1 is 1.37 bits per heavy atom. The number of amides is 1. The normalized spacial score (nSPS) is 15.5. The molecule has 0 aromatic carbocycles. The summed E-state index contributed by atoms with van der Waals surface area (Å²) in [5, 5.41) is 9.51. The summed E-state index contributed by atoms with van der Waals surface area (Å²) < 4.78 is 10.7. The van der Waals surface area contributed by atoms with E-state index in [0.29, 0.717) is 12.5 Å². The molecule has 0 aliphatic heterocycles. The van der Waals surface area contributed by atoms with Crippen molar-refractivity contribution in [3.63, 3.8) is 0 Å². The van der Waals surface area contributed by atoms with Gasteiger partial charge in [0.1, 0.15) is 11.4 Å². The summed E-state index contributed by atoms with van der Waals surface area (Å²) in [7, 11) is 0. The highest BCUT2D eigenvalue weighted by Crippen LogP contribution is 2.33. The van der Waals surface area contributed by atoms with Gasteiger partial charge in [-0.25, -0.2) is 4.79 Å². The van der Waals surface area contributed by atoms with Crippen LogP contribution in [0.25, 0.3) is 0 Å². The van der Waals surface area contributed by atoms with Gasteiger partial charge in [-0.15, -0.1) is 24.0 Å². The molecule has 0 radical (unpaired) electrons. The lowest BCUT2D eigenvalue weighted by atomic mass is 10.2. The van der Waals surface area contributed by atoms with Crippen molar-refractivity contribution in [2.45, 2.75) is 58.6 Å². The van der Waals surface area contributed by atoms with E-state index in [4.69, 9.17) is 9.15 Å². The summed E-state index contributed by atoms with van der Waals surface area (Å²) in [6.45, 7) is 9.66. The van der Waals surface area contributed by atoms with E-state index in [-0.39, 0.29) is 36.1 Å². The highest BCUT2D eigenvalue weighted by molar-refractivity contribution is 14.0. The highest BCUT2D eigenvalue weighted by Gasteiger charge is 2.33. The van der Waals surface area contributed by atoms with Crippen LogP contribution >= 0.6 is 24.0 Å². The fourth-order valence-corrected chi connectivity index (χ4v) is 2.56. The third-order valence-corrected chi connectivity index (χ3v) is 3.93. The van der Waals surface area contributed by atoms with Crippen molar-refractivity contribution in [2.24, 2.45) is 10.9 Å². The molecule has 1 amide bonds. The van der Waals surface area contributed by atoms with Gasteiger partial charge in [0.05, 0.1) is 18.8 Å². The molecule has 1 fully saturated rings. The van der Waals surface area contributed by atoms with Crippen molar-refractivity contribution in [1.29, 1.82) is 0 Å². The van der Waals surface area contributed by atoms with Gasteiger partial charge in [-0.05, 0) is 58.6 Å². The van der Waals surface area contributed by atoms with Crippen LogP contribution in [0.3, 0.4) is 0 Å². The van der Waals surface area contributed by atoms with Crippen molar-refractivity contribution < 1.29 is 13.9 Å². The largest absolute Gasteiger partial charge is 0.469 e. The number of alkyl carbamates (subject to hydrolysis) is 1. The van der Waals surface area contributed by atoms with Crippen molar-refractivity contribution in [1.82, 2.24) is 16.0 Å². The minimum Gasteiger partial charge on any atom is -0.469 e. The summed E-state index contributed by atoms with van der Waals surface area (Å²) in [5.74, 6) is 2.17. The van der Waals surface area contributed by atoms with Gasteiger partial charge in [-0.3, -0.25) is 4.99 Å². The molecule has 27 heavy (non-hydrogen) atoms. The number of carbonyl (C=O) groups excluding carboxylic acids is 1. The molecule has 8 heteroatoms. The third kappa shape index (κ3) is 9.88. The van der Waals surface area contributed by atoms with Gasteiger partial charge in [0, 0.05) is 19.5 Å². The summed E-state index contributed by atoms with van der Waals surface area (Å²) in [6.07, 6.45) is 4.34. The summed E-state index contributed by atoms with van der Waals surface area (Å²) >= 11 is 0. The van der Waals surface area contributed by atoms with Crippen LogP contribution in [0.15, 0.2) is 27.8 Å². The van der Waals surface area contributed by atoms with Crippen LogP contribution in [0.1, 0.15) is 46.3 Å². The minimum atomic E-state index is -0.496.